The van der Waals surface area contributed by atoms with Crippen molar-refractivity contribution in [2.75, 3.05) is 5.73 Å². The fourth-order valence-corrected chi connectivity index (χ4v) is 1.05. The van der Waals surface area contributed by atoms with Gasteiger partial charge >= 0.3 is 0 Å². The molecule has 5 N–H and O–H groups in total. The van der Waals surface area contributed by atoms with Crippen LogP contribution in [0.2, 0.25) is 0 Å². The van der Waals surface area contributed by atoms with E-state index in [0.29, 0.717) is 0 Å². The molecule has 0 radical (unpaired) electrons. The molecule has 1 aromatic carbocycles. The first kappa shape index (κ1) is 12.2. The number of anilines is 1. The van der Waals surface area contributed by atoms with Gasteiger partial charge in [-0.3, -0.25) is 5.43 Å². The van der Waals surface area contributed by atoms with E-state index in [2.05, 4.69) is 22.7 Å². The van der Waals surface area contributed by atoms with Crippen molar-refractivity contribution in [1.29, 1.82) is 0 Å². The van der Waals surface area contributed by atoms with E-state index in [-0.39, 0.29) is 5.11 Å². The van der Waals surface area contributed by atoms with Gasteiger partial charge in [-0.05, 0) is 42.9 Å². The van der Waals surface area contributed by atoms with Crippen LogP contribution in [0, 0.1) is 0 Å². The third-order valence-electron chi connectivity index (χ3n) is 1.80. The minimum atomic E-state index is 0.153. The minimum Gasteiger partial charge on any atom is -0.399 e. The second-order valence-electron chi connectivity index (χ2n) is 3.23. The third-order valence-corrected chi connectivity index (χ3v) is 1.89. The zero-order chi connectivity index (χ0) is 12.0. The predicted molar refractivity (Wildman–Crippen MR) is 72.9 cm³/mol. The van der Waals surface area contributed by atoms with Gasteiger partial charge in [0.1, 0.15) is 0 Å². The highest BCUT2D eigenvalue weighted by Crippen LogP contribution is 2.06. The second kappa shape index (κ2) is 5.87. The number of hydrogen-bond acceptors (Lipinski definition) is 3. The molecule has 0 aromatic heterocycles. The zero-order valence-electron chi connectivity index (χ0n) is 8.97. The van der Waals surface area contributed by atoms with Crippen LogP contribution in [0.4, 0.5) is 5.69 Å². The molecule has 1 rings (SSSR count). The molecule has 0 spiro atoms. The molecule has 1 aromatic rings. The Labute approximate surface area is 100 Å². The highest BCUT2D eigenvalue weighted by atomic mass is 32.1. The first-order valence-corrected chi connectivity index (χ1v) is 5.12. The number of hydrazone groups is 1. The average Bonchev–Trinajstić information content (AvgIpc) is 2.25. The van der Waals surface area contributed by atoms with E-state index in [0.717, 1.165) is 17.0 Å². The van der Waals surface area contributed by atoms with E-state index >= 15 is 0 Å². The lowest BCUT2D eigenvalue weighted by Crippen LogP contribution is -2.24. The molecule has 0 aliphatic carbocycles. The topological polar surface area (TPSA) is 76.4 Å². The van der Waals surface area contributed by atoms with Crippen LogP contribution in [0.25, 0.3) is 6.08 Å². The number of allylic oxidation sites excluding steroid dienone is 1. The van der Waals surface area contributed by atoms with Gasteiger partial charge < -0.3 is 11.5 Å². The average molecular weight is 234 g/mol. The number of nitrogens with two attached hydrogens (primary N) is 2. The van der Waals surface area contributed by atoms with Crippen LogP contribution < -0.4 is 16.9 Å². The fraction of sp³-hybridized carbons (Fsp3) is 0.0909. The maximum Gasteiger partial charge on any atom is 0.184 e. The normalized spacial score (nSPS) is 11.7. The van der Waals surface area contributed by atoms with E-state index in [1.165, 1.54) is 0 Å². The van der Waals surface area contributed by atoms with Crippen LogP contribution in [0.3, 0.4) is 0 Å². The summed E-state index contributed by atoms with van der Waals surface area (Å²) in [6.45, 7) is 1.85. The Morgan fingerprint density at radius 1 is 1.38 bits per heavy atom. The van der Waals surface area contributed by atoms with Crippen molar-refractivity contribution in [2.24, 2.45) is 10.8 Å². The quantitative estimate of drug-likeness (QED) is 0.320. The summed E-state index contributed by atoms with van der Waals surface area (Å²) in [4.78, 5) is 0. The summed E-state index contributed by atoms with van der Waals surface area (Å²) in [5.74, 6) is 0. The molecule has 0 atom stereocenters. The van der Waals surface area contributed by atoms with Gasteiger partial charge in [0.05, 0.1) is 5.71 Å². The number of benzene rings is 1. The zero-order valence-corrected chi connectivity index (χ0v) is 9.79. The summed E-state index contributed by atoms with van der Waals surface area (Å²) in [7, 11) is 0. The summed E-state index contributed by atoms with van der Waals surface area (Å²) in [6, 6.07) is 7.55. The molecule has 16 heavy (non-hydrogen) atoms. The monoisotopic (exact) mass is 234 g/mol. The highest BCUT2D eigenvalue weighted by molar-refractivity contribution is 7.80. The van der Waals surface area contributed by atoms with E-state index in [1.807, 2.05) is 43.3 Å². The maximum atomic E-state index is 5.58. The number of thiocarbonyl (C=S) groups is 1. The van der Waals surface area contributed by atoms with Crippen molar-refractivity contribution in [3.8, 4) is 0 Å². The van der Waals surface area contributed by atoms with Crippen LogP contribution in [0.15, 0.2) is 35.4 Å². The Balaban J connectivity index is 2.62. The van der Waals surface area contributed by atoms with Gasteiger partial charge in [-0.25, -0.2) is 0 Å². The highest BCUT2D eigenvalue weighted by Gasteiger charge is 1.88. The molecule has 4 nitrogen and oxygen atoms in total. The third kappa shape index (κ3) is 4.56. The van der Waals surface area contributed by atoms with Crippen LogP contribution in [0.1, 0.15) is 12.5 Å². The molecule has 0 heterocycles. The van der Waals surface area contributed by atoms with E-state index in [1.54, 1.807) is 0 Å². The van der Waals surface area contributed by atoms with Crippen LogP contribution in [-0.4, -0.2) is 10.8 Å². The lowest BCUT2D eigenvalue weighted by atomic mass is 10.2. The maximum absolute atomic E-state index is 5.58. The Morgan fingerprint density at radius 3 is 2.56 bits per heavy atom. The number of nitrogen functional groups attached to an aromatic ring is 1. The molecular formula is C11H14N4S. The Morgan fingerprint density at radius 2 is 2.00 bits per heavy atom. The van der Waals surface area contributed by atoms with E-state index < -0.39 is 0 Å². The van der Waals surface area contributed by atoms with Crippen LogP contribution in [0.5, 0.6) is 0 Å². The van der Waals surface area contributed by atoms with Crippen molar-refractivity contribution < 1.29 is 0 Å². The Hall–Kier alpha value is -1.88. The first-order valence-electron chi connectivity index (χ1n) is 4.71. The van der Waals surface area contributed by atoms with Gasteiger partial charge in [-0.2, -0.15) is 5.10 Å². The SMILES string of the molecule is CC(C=Cc1ccc(N)cc1)=NNC(N)=S. The van der Waals surface area contributed by atoms with Crippen molar-refractivity contribution in [2.45, 2.75) is 6.92 Å². The van der Waals surface area contributed by atoms with Gasteiger partial charge in [0.25, 0.3) is 0 Å². The molecule has 84 valence electrons. The fourth-order valence-electron chi connectivity index (χ4n) is 1.00. The number of hydrogen-bond donors (Lipinski definition) is 3. The summed E-state index contributed by atoms with van der Waals surface area (Å²) in [6.07, 6.45) is 3.79. The van der Waals surface area contributed by atoms with Crippen LogP contribution >= 0.6 is 12.2 Å². The summed E-state index contributed by atoms with van der Waals surface area (Å²) in [5.41, 5.74) is 15.9. The summed E-state index contributed by atoms with van der Waals surface area (Å²) >= 11 is 4.63. The molecule has 0 amide bonds. The van der Waals surface area contributed by atoms with Crippen molar-refractivity contribution >= 4 is 34.8 Å². The molecule has 0 bridgehead atoms. The van der Waals surface area contributed by atoms with Gasteiger partial charge in [0.15, 0.2) is 5.11 Å². The number of nitrogens with zero attached hydrogens (tertiary/aromatic N) is 1. The Bertz CT molecular complexity index is 420. The van der Waals surface area contributed by atoms with Crippen molar-refractivity contribution in [3.63, 3.8) is 0 Å². The van der Waals surface area contributed by atoms with Gasteiger partial charge in [0.2, 0.25) is 0 Å². The van der Waals surface area contributed by atoms with Gasteiger partial charge in [-0.15, -0.1) is 0 Å². The number of rotatable bonds is 3. The van der Waals surface area contributed by atoms with E-state index in [9.17, 15) is 0 Å². The minimum absolute atomic E-state index is 0.153. The lowest BCUT2D eigenvalue weighted by Gasteiger charge is -1.97. The molecule has 0 aliphatic heterocycles. The second-order valence-corrected chi connectivity index (χ2v) is 3.67. The Kier molecular flexibility index (Phi) is 4.47. The molecule has 0 saturated heterocycles. The molecule has 0 fully saturated rings. The smallest absolute Gasteiger partial charge is 0.184 e. The van der Waals surface area contributed by atoms with Gasteiger partial charge in [-0.1, -0.05) is 18.2 Å². The summed E-state index contributed by atoms with van der Waals surface area (Å²) < 4.78 is 0. The molecule has 0 unspecified atom stereocenters. The summed E-state index contributed by atoms with van der Waals surface area (Å²) in [5, 5.41) is 4.10. The molecule has 5 heteroatoms. The predicted octanol–water partition coefficient (Wildman–Crippen LogP) is 1.49. The molecule has 0 aliphatic rings. The van der Waals surface area contributed by atoms with Gasteiger partial charge in [0, 0.05) is 5.69 Å². The van der Waals surface area contributed by atoms with Crippen LogP contribution in [-0.2, 0) is 0 Å². The standard InChI is InChI=1S/C11H14N4S/c1-8(14-15-11(13)16)2-3-9-4-6-10(12)7-5-9/h2-7H,12H2,1H3,(H3,13,15,16). The first-order chi connectivity index (χ1) is 7.58. The molecular weight excluding hydrogens is 220 g/mol. The lowest BCUT2D eigenvalue weighted by molar-refractivity contribution is 1.03. The van der Waals surface area contributed by atoms with Crippen molar-refractivity contribution in [3.05, 3.63) is 35.9 Å². The largest absolute Gasteiger partial charge is 0.399 e. The molecule has 0 saturated carbocycles. The number of nitrogens with one attached hydrogen (secondary N) is 1. The van der Waals surface area contributed by atoms with Crippen molar-refractivity contribution in [1.82, 2.24) is 5.43 Å². The van der Waals surface area contributed by atoms with E-state index in [4.69, 9.17) is 11.5 Å².